The minimum Gasteiger partial charge on any atom is -0.375 e. The van der Waals surface area contributed by atoms with Crippen LogP contribution in [0.15, 0.2) is 18.3 Å². The van der Waals surface area contributed by atoms with Gasteiger partial charge in [-0.2, -0.15) is 0 Å². The number of hydrogen-bond acceptors (Lipinski definition) is 4. The molecule has 1 aliphatic rings. The van der Waals surface area contributed by atoms with Gasteiger partial charge >= 0.3 is 0 Å². The number of rotatable bonds is 0. The van der Waals surface area contributed by atoms with Gasteiger partial charge in [0.2, 0.25) is 0 Å². The van der Waals surface area contributed by atoms with E-state index in [-0.39, 0.29) is 0 Å². The summed E-state index contributed by atoms with van der Waals surface area (Å²) in [5.74, 6) is 0. The van der Waals surface area contributed by atoms with Crippen LogP contribution < -0.4 is 5.73 Å². The van der Waals surface area contributed by atoms with E-state index >= 15 is 0 Å². The highest BCUT2D eigenvalue weighted by molar-refractivity contribution is 7.15. The molecule has 0 bridgehead atoms. The van der Waals surface area contributed by atoms with Crippen LogP contribution in [-0.2, 0) is 12.8 Å². The van der Waals surface area contributed by atoms with Crippen LogP contribution in [0.5, 0.6) is 0 Å². The molecule has 1 aliphatic carbocycles. The predicted molar refractivity (Wildman–Crippen MR) is 57.2 cm³/mol. The molecule has 70 valence electrons. The highest BCUT2D eigenvalue weighted by Gasteiger charge is 2.20. The number of anilines is 1. The zero-order valence-electron chi connectivity index (χ0n) is 7.53. The third-order valence-electron chi connectivity index (χ3n) is 2.45. The molecule has 3 rings (SSSR count). The van der Waals surface area contributed by atoms with E-state index in [1.165, 1.54) is 10.4 Å². The van der Waals surface area contributed by atoms with Crippen molar-refractivity contribution in [2.45, 2.75) is 12.8 Å². The van der Waals surface area contributed by atoms with Crippen molar-refractivity contribution in [3.05, 3.63) is 28.8 Å². The molecule has 0 radical (unpaired) electrons. The summed E-state index contributed by atoms with van der Waals surface area (Å²) in [6, 6.07) is 4.08. The zero-order valence-corrected chi connectivity index (χ0v) is 8.34. The lowest BCUT2D eigenvalue weighted by atomic mass is 9.98. The first-order valence-electron chi connectivity index (χ1n) is 4.54. The summed E-state index contributed by atoms with van der Waals surface area (Å²) < 4.78 is 0. The van der Waals surface area contributed by atoms with Crippen molar-refractivity contribution < 1.29 is 0 Å². The highest BCUT2D eigenvalue weighted by Crippen LogP contribution is 2.35. The monoisotopic (exact) mass is 203 g/mol. The molecule has 0 saturated carbocycles. The molecular formula is C10H9N3S. The van der Waals surface area contributed by atoms with Crippen molar-refractivity contribution in [3.8, 4) is 11.4 Å². The van der Waals surface area contributed by atoms with Crippen LogP contribution in [0.3, 0.4) is 0 Å². The Morgan fingerprint density at radius 3 is 3.14 bits per heavy atom. The van der Waals surface area contributed by atoms with Gasteiger partial charge < -0.3 is 5.73 Å². The second-order valence-corrected chi connectivity index (χ2v) is 4.45. The normalized spacial score (nSPS) is 13.4. The number of aryl methyl sites for hydroxylation is 2. The molecule has 0 saturated heterocycles. The van der Waals surface area contributed by atoms with Gasteiger partial charge in [-0.1, -0.05) is 6.07 Å². The Morgan fingerprint density at radius 1 is 1.29 bits per heavy atom. The molecule has 0 spiro atoms. The summed E-state index contributed by atoms with van der Waals surface area (Å²) in [5.41, 5.74) is 8.99. The van der Waals surface area contributed by atoms with Crippen molar-refractivity contribution >= 4 is 16.5 Å². The maximum Gasteiger partial charge on any atom is 0.180 e. The highest BCUT2D eigenvalue weighted by atomic mass is 32.1. The molecular weight excluding hydrogens is 194 g/mol. The summed E-state index contributed by atoms with van der Waals surface area (Å²) >= 11 is 1.58. The van der Waals surface area contributed by atoms with E-state index in [4.69, 9.17) is 5.73 Å². The Morgan fingerprint density at radius 2 is 2.21 bits per heavy atom. The molecule has 0 unspecified atom stereocenters. The molecule has 2 heterocycles. The molecule has 0 aliphatic heterocycles. The largest absolute Gasteiger partial charge is 0.375 e. The fourth-order valence-corrected chi connectivity index (χ4v) is 2.66. The number of nitrogen functional groups attached to an aromatic ring is 1. The first-order valence-corrected chi connectivity index (χ1v) is 5.35. The summed E-state index contributed by atoms with van der Waals surface area (Å²) in [5, 5.41) is 0.647. The lowest BCUT2D eigenvalue weighted by Crippen LogP contribution is -2.03. The van der Waals surface area contributed by atoms with Crippen LogP contribution in [0.2, 0.25) is 0 Å². The first kappa shape index (κ1) is 7.94. The maximum absolute atomic E-state index is 5.70. The standard InChI is InChI=1S/C10H9N3S/c11-10-13-9-7(14-10)4-3-6-2-1-5-12-8(6)9/h1-2,5H,3-4H2,(H2,11,13). The van der Waals surface area contributed by atoms with Crippen molar-refractivity contribution in [1.29, 1.82) is 0 Å². The van der Waals surface area contributed by atoms with Gasteiger partial charge in [0.05, 0.1) is 5.69 Å². The average Bonchev–Trinajstić information content (AvgIpc) is 2.59. The fourth-order valence-electron chi connectivity index (χ4n) is 1.83. The Bertz CT molecular complexity index is 490. The third-order valence-corrected chi connectivity index (χ3v) is 3.40. The Hall–Kier alpha value is -1.42. The van der Waals surface area contributed by atoms with Crippen molar-refractivity contribution in [2.75, 3.05) is 5.73 Å². The van der Waals surface area contributed by atoms with Crippen LogP contribution in [0.1, 0.15) is 10.4 Å². The minimum absolute atomic E-state index is 0.647. The van der Waals surface area contributed by atoms with Gasteiger partial charge in [-0.05, 0) is 24.5 Å². The van der Waals surface area contributed by atoms with Crippen LogP contribution >= 0.6 is 11.3 Å². The van der Waals surface area contributed by atoms with Crippen molar-refractivity contribution in [1.82, 2.24) is 9.97 Å². The smallest absolute Gasteiger partial charge is 0.180 e. The Balaban J connectivity index is 2.28. The predicted octanol–water partition coefficient (Wildman–Crippen LogP) is 1.89. The van der Waals surface area contributed by atoms with Gasteiger partial charge in [0, 0.05) is 11.1 Å². The summed E-state index contributed by atoms with van der Waals surface area (Å²) in [4.78, 5) is 9.96. The molecule has 0 aromatic carbocycles. The van der Waals surface area contributed by atoms with E-state index in [0.717, 1.165) is 24.2 Å². The zero-order chi connectivity index (χ0) is 9.54. The topological polar surface area (TPSA) is 51.8 Å². The summed E-state index contributed by atoms with van der Waals surface area (Å²) in [7, 11) is 0. The minimum atomic E-state index is 0.647. The van der Waals surface area contributed by atoms with E-state index in [0.29, 0.717) is 5.13 Å². The third kappa shape index (κ3) is 1.04. The quantitative estimate of drug-likeness (QED) is 0.711. The Labute approximate surface area is 85.6 Å². The summed E-state index contributed by atoms with van der Waals surface area (Å²) in [6.07, 6.45) is 3.91. The number of nitrogens with two attached hydrogens (primary N) is 1. The molecule has 0 atom stereocenters. The van der Waals surface area contributed by atoms with Gasteiger partial charge in [0.1, 0.15) is 5.69 Å². The molecule has 3 nitrogen and oxygen atoms in total. The maximum atomic E-state index is 5.70. The summed E-state index contributed by atoms with van der Waals surface area (Å²) in [6.45, 7) is 0. The van der Waals surface area contributed by atoms with Gasteiger partial charge in [0.15, 0.2) is 5.13 Å². The SMILES string of the molecule is Nc1nc2c(s1)CCc1cccnc1-2. The van der Waals surface area contributed by atoms with E-state index < -0.39 is 0 Å². The van der Waals surface area contributed by atoms with Gasteiger partial charge in [-0.3, -0.25) is 4.98 Å². The van der Waals surface area contributed by atoms with Crippen LogP contribution in [0, 0.1) is 0 Å². The van der Waals surface area contributed by atoms with Gasteiger partial charge in [-0.25, -0.2) is 4.98 Å². The molecule has 14 heavy (non-hydrogen) atoms. The number of pyridine rings is 1. The second-order valence-electron chi connectivity index (χ2n) is 3.34. The Kier molecular flexibility index (Phi) is 1.58. The molecule has 2 N–H and O–H groups in total. The molecule has 0 amide bonds. The average molecular weight is 203 g/mol. The van der Waals surface area contributed by atoms with Crippen molar-refractivity contribution in [2.24, 2.45) is 0 Å². The van der Waals surface area contributed by atoms with E-state index in [1.54, 1.807) is 11.3 Å². The molecule has 2 aromatic rings. The number of aromatic nitrogens is 2. The molecule has 0 fully saturated rings. The van der Waals surface area contributed by atoms with Gasteiger partial charge in [0.25, 0.3) is 0 Å². The van der Waals surface area contributed by atoms with Crippen molar-refractivity contribution in [3.63, 3.8) is 0 Å². The first-order chi connectivity index (χ1) is 6.84. The number of hydrogen-bond donors (Lipinski definition) is 1. The van der Waals surface area contributed by atoms with E-state index in [9.17, 15) is 0 Å². The van der Waals surface area contributed by atoms with Crippen LogP contribution in [-0.4, -0.2) is 9.97 Å². The van der Waals surface area contributed by atoms with Crippen LogP contribution in [0.4, 0.5) is 5.13 Å². The number of nitrogens with zero attached hydrogens (tertiary/aromatic N) is 2. The van der Waals surface area contributed by atoms with E-state index in [1.807, 2.05) is 12.3 Å². The second kappa shape index (κ2) is 2.78. The molecule has 4 heteroatoms. The van der Waals surface area contributed by atoms with E-state index in [2.05, 4.69) is 16.0 Å². The van der Waals surface area contributed by atoms with Crippen LogP contribution in [0.25, 0.3) is 11.4 Å². The lowest BCUT2D eigenvalue weighted by molar-refractivity contribution is 0.939. The molecule has 2 aromatic heterocycles. The number of fused-ring (bicyclic) bond motifs is 3. The van der Waals surface area contributed by atoms with Gasteiger partial charge in [-0.15, -0.1) is 11.3 Å². The lowest BCUT2D eigenvalue weighted by Gasteiger charge is -2.12. The number of thiazole rings is 1. The fraction of sp³-hybridized carbons (Fsp3) is 0.200.